The van der Waals surface area contributed by atoms with Crippen molar-refractivity contribution >= 4 is 27.0 Å². The molecule has 1 aromatic heterocycles. The van der Waals surface area contributed by atoms with Crippen molar-refractivity contribution in [3.63, 3.8) is 0 Å². The Morgan fingerprint density at radius 1 is 1.50 bits per heavy atom. The molecule has 0 aliphatic rings. The van der Waals surface area contributed by atoms with Crippen LogP contribution in [-0.4, -0.2) is 16.0 Å². The van der Waals surface area contributed by atoms with E-state index in [0.29, 0.717) is 17.1 Å². The minimum absolute atomic E-state index is 0.278. The molecule has 2 aromatic rings. The summed E-state index contributed by atoms with van der Waals surface area (Å²) in [5, 5.41) is 3.25. The first kappa shape index (κ1) is 11.5. The number of aromatic amines is 1. The topological polar surface area (TPSA) is 40.7 Å². The van der Waals surface area contributed by atoms with Crippen molar-refractivity contribution in [2.24, 2.45) is 0 Å². The monoisotopic (exact) mass is 285 g/mol. The smallest absolute Gasteiger partial charge is 0.139 e. The van der Waals surface area contributed by atoms with Crippen LogP contribution in [0.4, 0.5) is 4.39 Å². The number of nitrogens with zero attached hydrogens (tertiary/aromatic N) is 1. The third kappa shape index (κ3) is 2.41. The van der Waals surface area contributed by atoms with Gasteiger partial charge in [-0.1, -0.05) is 13.8 Å². The van der Waals surface area contributed by atoms with Crippen molar-refractivity contribution in [3.8, 4) is 0 Å². The Morgan fingerprint density at radius 2 is 2.25 bits per heavy atom. The van der Waals surface area contributed by atoms with E-state index in [4.69, 9.17) is 0 Å². The number of hydrogen-bond acceptors (Lipinski definition) is 2. The molecule has 0 unspecified atom stereocenters. The second kappa shape index (κ2) is 4.51. The van der Waals surface area contributed by atoms with E-state index in [2.05, 4.69) is 45.1 Å². The van der Waals surface area contributed by atoms with Gasteiger partial charge in [0.05, 0.1) is 22.1 Å². The first-order valence-corrected chi connectivity index (χ1v) is 5.92. The Labute approximate surface area is 102 Å². The van der Waals surface area contributed by atoms with Crippen LogP contribution in [0.25, 0.3) is 11.0 Å². The van der Waals surface area contributed by atoms with Gasteiger partial charge in [-0.25, -0.2) is 9.37 Å². The predicted molar refractivity (Wildman–Crippen MR) is 65.7 cm³/mol. The van der Waals surface area contributed by atoms with Crippen molar-refractivity contribution in [2.75, 3.05) is 0 Å². The van der Waals surface area contributed by atoms with E-state index in [9.17, 15) is 4.39 Å². The van der Waals surface area contributed by atoms with Crippen LogP contribution in [0.2, 0.25) is 0 Å². The summed E-state index contributed by atoms with van der Waals surface area (Å²) in [6.07, 6.45) is 0. The number of imidazole rings is 1. The molecule has 1 aromatic carbocycles. The summed E-state index contributed by atoms with van der Waals surface area (Å²) < 4.78 is 13.7. The molecule has 16 heavy (non-hydrogen) atoms. The minimum Gasteiger partial charge on any atom is -0.341 e. The fraction of sp³-hybridized carbons (Fsp3) is 0.364. The van der Waals surface area contributed by atoms with Crippen molar-refractivity contribution in [2.45, 2.75) is 26.4 Å². The zero-order chi connectivity index (χ0) is 11.7. The molecule has 0 aliphatic carbocycles. The number of benzene rings is 1. The number of nitrogens with one attached hydrogen (secondary N) is 2. The van der Waals surface area contributed by atoms with Gasteiger partial charge in [0, 0.05) is 12.1 Å². The molecule has 0 saturated carbocycles. The molecule has 0 atom stereocenters. The van der Waals surface area contributed by atoms with Gasteiger partial charge in [-0.3, -0.25) is 0 Å². The summed E-state index contributed by atoms with van der Waals surface area (Å²) >= 11 is 3.14. The highest BCUT2D eigenvalue weighted by molar-refractivity contribution is 9.10. The SMILES string of the molecule is CC(C)NCc1nc2cc(Br)c(F)cc2[nH]1. The minimum atomic E-state index is -0.278. The highest BCUT2D eigenvalue weighted by Crippen LogP contribution is 2.21. The maximum Gasteiger partial charge on any atom is 0.139 e. The van der Waals surface area contributed by atoms with Crippen LogP contribution in [0.3, 0.4) is 0 Å². The standard InChI is InChI=1S/C11H13BrFN3/c1-6(2)14-5-11-15-9-3-7(12)8(13)4-10(9)16-11/h3-4,6,14H,5H2,1-2H3,(H,15,16). The molecule has 5 heteroatoms. The van der Waals surface area contributed by atoms with E-state index in [-0.39, 0.29) is 5.82 Å². The summed E-state index contributed by atoms with van der Waals surface area (Å²) in [5.74, 6) is 0.542. The molecule has 0 saturated heterocycles. The Hall–Kier alpha value is -0.940. The molecule has 0 bridgehead atoms. The first-order chi connectivity index (χ1) is 7.56. The maximum absolute atomic E-state index is 13.3. The number of halogens is 2. The van der Waals surface area contributed by atoms with Crippen LogP contribution in [0.1, 0.15) is 19.7 Å². The fourth-order valence-electron chi connectivity index (χ4n) is 1.44. The van der Waals surface area contributed by atoms with Crippen LogP contribution in [0.15, 0.2) is 16.6 Å². The summed E-state index contributed by atoms with van der Waals surface area (Å²) in [7, 11) is 0. The number of hydrogen-bond donors (Lipinski definition) is 2. The molecule has 2 rings (SSSR count). The summed E-state index contributed by atoms with van der Waals surface area (Å²) in [4.78, 5) is 7.46. The van der Waals surface area contributed by atoms with Gasteiger partial charge in [0.1, 0.15) is 11.6 Å². The molecule has 0 aliphatic heterocycles. The van der Waals surface area contributed by atoms with E-state index in [0.717, 1.165) is 16.9 Å². The van der Waals surface area contributed by atoms with E-state index < -0.39 is 0 Å². The third-order valence-corrected chi connectivity index (χ3v) is 2.86. The number of aromatic nitrogens is 2. The van der Waals surface area contributed by atoms with Crippen LogP contribution >= 0.6 is 15.9 Å². The average Bonchev–Trinajstić information content (AvgIpc) is 2.58. The normalized spacial score (nSPS) is 11.6. The molecule has 0 spiro atoms. The highest BCUT2D eigenvalue weighted by atomic mass is 79.9. The summed E-state index contributed by atoms with van der Waals surface area (Å²) in [6, 6.07) is 3.53. The predicted octanol–water partition coefficient (Wildman–Crippen LogP) is 2.96. The second-order valence-electron chi connectivity index (χ2n) is 4.00. The van der Waals surface area contributed by atoms with Gasteiger partial charge in [0.25, 0.3) is 0 Å². The lowest BCUT2D eigenvalue weighted by atomic mass is 10.3. The zero-order valence-electron chi connectivity index (χ0n) is 9.14. The van der Waals surface area contributed by atoms with E-state index in [1.807, 2.05) is 0 Å². The fourth-order valence-corrected chi connectivity index (χ4v) is 1.77. The van der Waals surface area contributed by atoms with Gasteiger partial charge in [0.2, 0.25) is 0 Å². The van der Waals surface area contributed by atoms with Crippen LogP contribution in [0, 0.1) is 5.82 Å². The Morgan fingerprint density at radius 3 is 2.94 bits per heavy atom. The van der Waals surface area contributed by atoms with Gasteiger partial charge < -0.3 is 10.3 Å². The highest BCUT2D eigenvalue weighted by Gasteiger charge is 2.07. The van der Waals surface area contributed by atoms with Crippen LogP contribution < -0.4 is 5.32 Å². The lowest BCUT2D eigenvalue weighted by Gasteiger charge is -2.04. The van der Waals surface area contributed by atoms with Gasteiger partial charge in [-0.15, -0.1) is 0 Å². The lowest BCUT2D eigenvalue weighted by Crippen LogP contribution is -2.22. The number of H-pyrrole nitrogens is 1. The largest absolute Gasteiger partial charge is 0.341 e. The zero-order valence-corrected chi connectivity index (χ0v) is 10.7. The van der Waals surface area contributed by atoms with Crippen LogP contribution in [0.5, 0.6) is 0 Å². The second-order valence-corrected chi connectivity index (χ2v) is 4.86. The summed E-state index contributed by atoms with van der Waals surface area (Å²) in [5.41, 5.74) is 1.50. The van der Waals surface area contributed by atoms with E-state index in [1.165, 1.54) is 6.07 Å². The molecule has 2 N–H and O–H groups in total. The van der Waals surface area contributed by atoms with E-state index >= 15 is 0 Å². The van der Waals surface area contributed by atoms with Gasteiger partial charge in [0.15, 0.2) is 0 Å². The molecule has 1 heterocycles. The van der Waals surface area contributed by atoms with Crippen molar-refractivity contribution in [1.29, 1.82) is 0 Å². The molecular weight excluding hydrogens is 273 g/mol. The molecule has 0 radical (unpaired) electrons. The Balaban J connectivity index is 2.29. The van der Waals surface area contributed by atoms with Gasteiger partial charge in [-0.2, -0.15) is 0 Å². The molecule has 0 amide bonds. The third-order valence-electron chi connectivity index (χ3n) is 2.25. The average molecular weight is 286 g/mol. The Bertz CT molecular complexity index is 468. The van der Waals surface area contributed by atoms with Crippen LogP contribution in [-0.2, 0) is 6.54 Å². The van der Waals surface area contributed by atoms with Gasteiger partial charge >= 0.3 is 0 Å². The maximum atomic E-state index is 13.3. The molecule has 0 fully saturated rings. The van der Waals surface area contributed by atoms with Crippen molar-refractivity contribution in [3.05, 3.63) is 28.2 Å². The van der Waals surface area contributed by atoms with Crippen molar-refractivity contribution < 1.29 is 4.39 Å². The van der Waals surface area contributed by atoms with Crippen molar-refractivity contribution in [1.82, 2.24) is 15.3 Å². The molecular formula is C11H13BrFN3. The van der Waals surface area contributed by atoms with E-state index in [1.54, 1.807) is 6.07 Å². The number of fused-ring (bicyclic) bond motifs is 1. The Kier molecular flexibility index (Phi) is 3.25. The molecule has 3 nitrogen and oxygen atoms in total. The van der Waals surface area contributed by atoms with Gasteiger partial charge in [-0.05, 0) is 22.0 Å². The first-order valence-electron chi connectivity index (χ1n) is 5.13. The quantitative estimate of drug-likeness (QED) is 0.910. The number of rotatable bonds is 3. The summed E-state index contributed by atoms with van der Waals surface area (Å²) in [6.45, 7) is 4.80. The lowest BCUT2D eigenvalue weighted by molar-refractivity contribution is 0.576. The molecule has 86 valence electrons.